The maximum atomic E-state index is 12.2. The predicted octanol–water partition coefficient (Wildman–Crippen LogP) is 3.75. The van der Waals surface area contributed by atoms with E-state index >= 15 is 0 Å². The summed E-state index contributed by atoms with van der Waals surface area (Å²) in [5, 5.41) is 1.07. The lowest BCUT2D eigenvalue weighted by Gasteiger charge is -2.10. The van der Waals surface area contributed by atoms with Crippen molar-refractivity contribution in [3.63, 3.8) is 0 Å². The summed E-state index contributed by atoms with van der Waals surface area (Å²) in [4.78, 5) is 16.3. The molecule has 0 amide bonds. The van der Waals surface area contributed by atoms with Crippen LogP contribution in [0.25, 0.3) is 17.0 Å². The zero-order valence-electron chi connectivity index (χ0n) is 14.3. The number of ether oxygens (including phenoxy) is 1. The second-order valence-corrected chi connectivity index (χ2v) is 6.52. The van der Waals surface area contributed by atoms with Gasteiger partial charge in [-0.3, -0.25) is 0 Å². The Balaban J connectivity index is 1.74. The van der Waals surface area contributed by atoms with E-state index < -0.39 is 0 Å². The van der Waals surface area contributed by atoms with Crippen molar-refractivity contribution in [1.29, 1.82) is 0 Å². The quantitative estimate of drug-likeness (QED) is 0.645. The summed E-state index contributed by atoms with van der Waals surface area (Å²) in [6, 6.07) is 8.12. The van der Waals surface area contributed by atoms with Gasteiger partial charge in [0.15, 0.2) is 0 Å². The highest BCUT2D eigenvalue weighted by Gasteiger charge is 2.26. The molecule has 1 fully saturated rings. The van der Waals surface area contributed by atoms with Crippen molar-refractivity contribution in [1.82, 2.24) is 14.1 Å². The van der Waals surface area contributed by atoms with Gasteiger partial charge in [0.1, 0.15) is 5.69 Å². The number of imidazole rings is 1. The van der Waals surface area contributed by atoms with Crippen molar-refractivity contribution < 1.29 is 9.53 Å². The van der Waals surface area contributed by atoms with E-state index in [-0.39, 0.29) is 5.97 Å². The number of esters is 1. The first-order valence-electron chi connectivity index (χ1n) is 8.59. The van der Waals surface area contributed by atoms with Crippen LogP contribution in [0.4, 0.5) is 0 Å². The molecule has 1 aliphatic rings. The fourth-order valence-corrected chi connectivity index (χ4v) is 3.21. The van der Waals surface area contributed by atoms with Gasteiger partial charge in [0, 0.05) is 30.9 Å². The van der Waals surface area contributed by atoms with Crippen LogP contribution in [-0.2, 0) is 17.8 Å². The average Bonchev–Trinajstić information content (AvgIpc) is 3.15. The highest BCUT2D eigenvalue weighted by Crippen LogP contribution is 2.34. The number of allylic oxidation sites excluding steroid dienone is 1. The first kappa shape index (κ1) is 15.7. The number of rotatable bonds is 6. The van der Waals surface area contributed by atoms with Crippen molar-refractivity contribution in [3.8, 4) is 0 Å². The van der Waals surface area contributed by atoms with Gasteiger partial charge in [-0.15, -0.1) is 0 Å². The van der Waals surface area contributed by atoms with E-state index in [0.29, 0.717) is 11.6 Å². The summed E-state index contributed by atoms with van der Waals surface area (Å²) in [5.74, 6) is 0.396. The molecule has 0 N–H and O–H groups in total. The predicted molar refractivity (Wildman–Crippen MR) is 97.3 cm³/mol. The Bertz CT molecular complexity index is 918. The monoisotopic (exact) mass is 335 g/mol. The van der Waals surface area contributed by atoms with E-state index in [1.807, 2.05) is 22.9 Å². The standard InChI is InChI=1S/C20H21N3O2/c1-25-20(24)18-12-17-5-2-4-16(6-3-10-22-11-9-21-14-22)19(17)23(18)13-15-7-8-15/h2-6,9,11-12,14-15H,7-8,10,13H2,1H3/b6-3+. The van der Waals surface area contributed by atoms with Crippen LogP contribution in [0, 0.1) is 5.92 Å². The molecule has 5 nitrogen and oxygen atoms in total. The van der Waals surface area contributed by atoms with Crippen LogP contribution in [0.2, 0.25) is 0 Å². The largest absolute Gasteiger partial charge is 0.464 e. The minimum atomic E-state index is -0.273. The Morgan fingerprint density at radius 2 is 2.28 bits per heavy atom. The fraction of sp³-hybridized carbons (Fsp3) is 0.300. The molecule has 5 heteroatoms. The van der Waals surface area contributed by atoms with Gasteiger partial charge >= 0.3 is 5.97 Å². The maximum Gasteiger partial charge on any atom is 0.354 e. The van der Waals surface area contributed by atoms with E-state index in [9.17, 15) is 4.79 Å². The molecule has 0 spiro atoms. The van der Waals surface area contributed by atoms with Gasteiger partial charge in [-0.25, -0.2) is 9.78 Å². The lowest BCUT2D eigenvalue weighted by molar-refractivity contribution is 0.0588. The molecule has 1 saturated carbocycles. The number of benzene rings is 1. The summed E-state index contributed by atoms with van der Waals surface area (Å²) in [6.45, 7) is 1.64. The number of nitrogens with zero attached hydrogens (tertiary/aromatic N) is 3. The Morgan fingerprint density at radius 1 is 1.40 bits per heavy atom. The molecule has 1 aliphatic carbocycles. The summed E-state index contributed by atoms with van der Waals surface area (Å²) in [5.41, 5.74) is 2.87. The molecule has 0 atom stereocenters. The fourth-order valence-electron chi connectivity index (χ4n) is 3.21. The van der Waals surface area contributed by atoms with Gasteiger partial charge < -0.3 is 13.9 Å². The third-order valence-corrected chi connectivity index (χ3v) is 4.66. The summed E-state index contributed by atoms with van der Waals surface area (Å²) >= 11 is 0. The van der Waals surface area contributed by atoms with Crippen molar-refractivity contribution in [2.24, 2.45) is 5.92 Å². The van der Waals surface area contributed by atoms with E-state index in [1.54, 1.807) is 12.5 Å². The Morgan fingerprint density at radius 3 is 3.00 bits per heavy atom. The summed E-state index contributed by atoms with van der Waals surface area (Å²) < 4.78 is 9.14. The lowest BCUT2D eigenvalue weighted by atomic mass is 10.1. The van der Waals surface area contributed by atoms with Gasteiger partial charge in [-0.05, 0) is 30.4 Å². The van der Waals surface area contributed by atoms with Crippen LogP contribution >= 0.6 is 0 Å². The van der Waals surface area contributed by atoms with Gasteiger partial charge in [0.05, 0.1) is 19.0 Å². The van der Waals surface area contributed by atoms with Crippen LogP contribution in [0.5, 0.6) is 0 Å². The van der Waals surface area contributed by atoms with Crippen molar-refractivity contribution >= 4 is 22.9 Å². The first-order chi connectivity index (χ1) is 12.3. The van der Waals surface area contributed by atoms with E-state index in [2.05, 4.69) is 33.8 Å². The van der Waals surface area contributed by atoms with Gasteiger partial charge in [0.2, 0.25) is 0 Å². The highest BCUT2D eigenvalue weighted by molar-refractivity contribution is 5.98. The van der Waals surface area contributed by atoms with Gasteiger partial charge in [-0.2, -0.15) is 0 Å². The van der Waals surface area contributed by atoms with Crippen molar-refractivity contribution in [3.05, 3.63) is 60.3 Å². The molecule has 4 rings (SSSR count). The first-order valence-corrected chi connectivity index (χ1v) is 8.59. The van der Waals surface area contributed by atoms with Crippen LogP contribution in [-0.4, -0.2) is 27.2 Å². The molecule has 0 unspecified atom stereocenters. The molecule has 3 aromatic rings. The molecule has 0 aliphatic heterocycles. The molecule has 2 heterocycles. The minimum Gasteiger partial charge on any atom is -0.464 e. The molecular weight excluding hydrogens is 314 g/mol. The maximum absolute atomic E-state index is 12.2. The number of hydrogen-bond donors (Lipinski definition) is 0. The number of aromatic nitrogens is 3. The summed E-state index contributed by atoms with van der Waals surface area (Å²) in [6.07, 6.45) is 12.2. The van der Waals surface area contributed by atoms with Gasteiger partial charge in [-0.1, -0.05) is 30.4 Å². The molecule has 25 heavy (non-hydrogen) atoms. The summed E-state index contributed by atoms with van der Waals surface area (Å²) in [7, 11) is 1.44. The number of hydrogen-bond acceptors (Lipinski definition) is 3. The Hall–Kier alpha value is -2.82. The third kappa shape index (κ3) is 3.22. The van der Waals surface area contributed by atoms with Crippen molar-refractivity contribution in [2.75, 3.05) is 7.11 Å². The molecule has 0 saturated heterocycles. The smallest absolute Gasteiger partial charge is 0.354 e. The van der Waals surface area contributed by atoms with Crippen LogP contribution < -0.4 is 0 Å². The second kappa shape index (κ2) is 6.59. The highest BCUT2D eigenvalue weighted by atomic mass is 16.5. The molecule has 128 valence electrons. The van der Waals surface area contributed by atoms with Crippen LogP contribution in [0.3, 0.4) is 0 Å². The molecule has 0 bridgehead atoms. The Kier molecular flexibility index (Phi) is 4.14. The van der Waals surface area contributed by atoms with E-state index in [1.165, 1.54) is 20.0 Å². The van der Waals surface area contributed by atoms with Crippen LogP contribution in [0.1, 0.15) is 28.9 Å². The zero-order chi connectivity index (χ0) is 17.2. The number of para-hydroxylation sites is 1. The molecular formula is C20H21N3O2. The molecule has 1 aromatic carbocycles. The Labute approximate surface area is 146 Å². The third-order valence-electron chi connectivity index (χ3n) is 4.66. The molecule has 2 aromatic heterocycles. The van der Waals surface area contributed by atoms with Crippen LogP contribution in [0.15, 0.2) is 49.1 Å². The minimum absolute atomic E-state index is 0.273. The normalized spacial score (nSPS) is 14.4. The number of carbonyl (C=O) groups is 1. The van der Waals surface area contributed by atoms with Gasteiger partial charge in [0.25, 0.3) is 0 Å². The van der Waals surface area contributed by atoms with E-state index in [4.69, 9.17) is 4.74 Å². The zero-order valence-corrected chi connectivity index (χ0v) is 14.3. The molecule has 0 radical (unpaired) electrons. The van der Waals surface area contributed by atoms with Crippen molar-refractivity contribution in [2.45, 2.75) is 25.9 Å². The number of methoxy groups -OCH3 is 1. The number of fused-ring (bicyclic) bond motifs is 1. The lowest BCUT2D eigenvalue weighted by Crippen LogP contribution is -2.12. The topological polar surface area (TPSA) is 49.1 Å². The average molecular weight is 335 g/mol. The second-order valence-electron chi connectivity index (χ2n) is 6.52. The SMILES string of the molecule is COC(=O)c1cc2cccc(/C=C/Cn3ccnc3)c2n1CC1CC1. The number of carbonyl (C=O) groups excluding carboxylic acids is 1. The van der Waals surface area contributed by atoms with E-state index in [0.717, 1.165) is 29.6 Å².